The molecule has 0 aromatic heterocycles. The van der Waals surface area contributed by atoms with Crippen LogP contribution in [0.3, 0.4) is 0 Å². The molecule has 0 aliphatic carbocycles. The highest BCUT2D eigenvalue weighted by atomic mass is 16.5. The molecule has 1 aromatic rings. The number of unbranched alkanes of at least 4 members (excludes halogenated alkanes) is 32. The molecule has 336 valence electrons. The quantitative estimate of drug-likeness (QED) is 0.0330. The summed E-state index contributed by atoms with van der Waals surface area (Å²) in [4.78, 5) is 0. The Hall–Kier alpha value is -1.54. The van der Waals surface area contributed by atoms with Crippen molar-refractivity contribution in [3.8, 4) is 5.75 Å². The molecule has 2 unspecified atom stereocenters. The third kappa shape index (κ3) is 36.1. The maximum Gasteiger partial charge on any atom is 0.140 e. The first kappa shape index (κ1) is 53.5. The van der Waals surface area contributed by atoms with Crippen LogP contribution in [0.5, 0.6) is 5.75 Å². The van der Waals surface area contributed by atoms with Gasteiger partial charge < -0.3 is 35.4 Å². The van der Waals surface area contributed by atoms with Gasteiger partial charge in [-0.15, -0.1) is 0 Å². The molecule has 0 radical (unpaired) electrons. The Kier molecular flexibility index (Phi) is 39.9. The van der Waals surface area contributed by atoms with Gasteiger partial charge in [0.05, 0.1) is 31.1 Å². The second-order valence-electron chi connectivity index (χ2n) is 17.2. The van der Waals surface area contributed by atoms with Crippen LogP contribution >= 0.6 is 0 Å². The molecule has 1 rings (SSSR count). The van der Waals surface area contributed by atoms with Crippen LogP contribution in [0.25, 0.3) is 0 Å². The van der Waals surface area contributed by atoms with Crippen molar-refractivity contribution in [2.45, 2.75) is 244 Å². The van der Waals surface area contributed by atoms with Crippen LogP contribution in [0.4, 0.5) is 11.4 Å². The van der Waals surface area contributed by atoms with Gasteiger partial charge in [0, 0.05) is 26.3 Å². The summed E-state index contributed by atoms with van der Waals surface area (Å²) in [7, 11) is 0. The van der Waals surface area contributed by atoms with Crippen molar-refractivity contribution in [1.82, 2.24) is 0 Å². The lowest BCUT2D eigenvalue weighted by Crippen LogP contribution is -2.27. The second kappa shape index (κ2) is 42.6. The predicted octanol–water partition coefficient (Wildman–Crippen LogP) is 14.3. The molecule has 2 atom stereocenters. The smallest absolute Gasteiger partial charge is 0.140 e. The van der Waals surface area contributed by atoms with Crippen LogP contribution in [0.1, 0.15) is 232 Å². The summed E-state index contributed by atoms with van der Waals surface area (Å²) in [5.74, 6) is 0.0983. The van der Waals surface area contributed by atoms with Gasteiger partial charge in [-0.1, -0.05) is 225 Å². The topological polar surface area (TPSA) is 103 Å². The number of phenols is 1. The highest BCUT2D eigenvalue weighted by Gasteiger charge is 2.12. The minimum Gasteiger partial charge on any atom is -0.506 e. The molecular weight excluding hydrogens is 709 g/mol. The number of rotatable bonds is 46. The number of phenolic OH excluding ortho intramolecular Hbond substituents is 1. The van der Waals surface area contributed by atoms with E-state index in [0.29, 0.717) is 31.1 Å². The number of aromatic hydroxyl groups is 1. The van der Waals surface area contributed by atoms with Gasteiger partial charge in [-0.05, 0) is 25.0 Å². The summed E-state index contributed by atoms with van der Waals surface area (Å²) in [6, 6.07) is 5.24. The lowest BCUT2D eigenvalue weighted by atomic mass is 10.0. The molecule has 57 heavy (non-hydrogen) atoms. The standard InChI is InChI=1S/C50H96N2O5/c1-3-5-7-9-11-13-15-17-19-21-23-25-27-29-31-33-35-40-56-44-46(53)42-51-48-38-37-39-49(55)50(48)52-43-47(54)45-57-41-36-34-32-30-28-26-24-22-20-18-16-14-12-10-8-6-4-2/h37-39,46-47,51-55H,3-36,40-45H2,1-2H3. The lowest BCUT2D eigenvalue weighted by Gasteiger charge is -2.19. The number of anilines is 2. The Bertz CT molecular complexity index is 949. The summed E-state index contributed by atoms with van der Waals surface area (Å²) in [5, 5.41) is 37.9. The maximum absolute atomic E-state index is 10.5. The minimum absolute atomic E-state index is 0.0983. The Morgan fingerprint density at radius 2 is 0.719 bits per heavy atom. The fourth-order valence-corrected chi connectivity index (χ4v) is 7.74. The number of aliphatic hydroxyl groups excluding tert-OH is 2. The van der Waals surface area contributed by atoms with Crippen LogP contribution in [0.15, 0.2) is 18.2 Å². The number of nitrogens with one attached hydrogen (secondary N) is 2. The summed E-state index contributed by atoms with van der Waals surface area (Å²) in [6.45, 7) is 7.02. The van der Waals surface area contributed by atoms with Crippen LogP contribution < -0.4 is 10.6 Å². The fraction of sp³-hybridized carbons (Fsp3) is 0.880. The predicted molar refractivity (Wildman–Crippen MR) is 247 cm³/mol. The number of para-hydroxylation sites is 1. The molecule has 0 heterocycles. The zero-order chi connectivity index (χ0) is 41.1. The van der Waals surface area contributed by atoms with E-state index in [2.05, 4.69) is 24.5 Å². The molecule has 0 saturated heterocycles. The molecule has 5 N–H and O–H groups in total. The first-order valence-corrected chi connectivity index (χ1v) is 24.9. The lowest BCUT2D eigenvalue weighted by molar-refractivity contribution is 0.0414. The van der Waals surface area contributed by atoms with E-state index in [1.165, 1.54) is 205 Å². The molecule has 7 heteroatoms. The van der Waals surface area contributed by atoms with E-state index < -0.39 is 12.2 Å². The third-order valence-electron chi connectivity index (χ3n) is 11.5. The van der Waals surface area contributed by atoms with Gasteiger partial charge in [-0.2, -0.15) is 0 Å². The summed E-state index contributed by atoms with van der Waals surface area (Å²) >= 11 is 0. The van der Waals surface area contributed by atoms with Crippen molar-refractivity contribution in [1.29, 1.82) is 0 Å². The maximum atomic E-state index is 10.5. The SMILES string of the molecule is CCCCCCCCCCCCCCCCCCCOCC(O)CNc1cccc(O)c1NCC(O)COCCCCCCCCCCCCCCCCCCC. The van der Waals surface area contributed by atoms with E-state index in [-0.39, 0.29) is 25.5 Å². The average Bonchev–Trinajstić information content (AvgIpc) is 3.21. The highest BCUT2D eigenvalue weighted by molar-refractivity contribution is 5.75. The largest absolute Gasteiger partial charge is 0.506 e. The highest BCUT2D eigenvalue weighted by Crippen LogP contribution is 2.31. The number of benzene rings is 1. The molecule has 0 saturated carbocycles. The van der Waals surface area contributed by atoms with Crippen molar-refractivity contribution in [3.05, 3.63) is 18.2 Å². The molecule has 7 nitrogen and oxygen atoms in total. The van der Waals surface area contributed by atoms with E-state index in [4.69, 9.17) is 9.47 Å². The fourth-order valence-electron chi connectivity index (χ4n) is 7.74. The third-order valence-corrected chi connectivity index (χ3v) is 11.5. The van der Waals surface area contributed by atoms with Gasteiger partial charge in [0.25, 0.3) is 0 Å². The van der Waals surface area contributed by atoms with Crippen molar-refractivity contribution < 1.29 is 24.8 Å². The summed E-state index contributed by atoms with van der Waals surface area (Å²) < 4.78 is 11.5. The van der Waals surface area contributed by atoms with Crippen LogP contribution in [0, 0.1) is 0 Å². The molecule has 0 fully saturated rings. The van der Waals surface area contributed by atoms with Gasteiger partial charge >= 0.3 is 0 Å². The summed E-state index contributed by atoms with van der Waals surface area (Å²) in [6.07, 6.45) is 44.7. The number of hydrogen-bond donors (Lipinski definition) is 5. The van der Waals surface area contributed by atoms with E-state index in [9.17, 15) is 15.3 Å². The monoisotopic (exact) mass is 805 g/mol. The van der Waals surface area contributed by atoms with Crippen molar-refractivity contribution in [2.24, 2.45) is 0 Å². The van der Waals surface area contributed by atoms with E-state index in [0.717, 1.165) is 12.8 Å². The molecule has 0 bridgehead atoms. The first-order chi connectivity index (χ1) is 28.1. The van der Waals surface area contributed by atoms with Crippen LogP contribution in [0.2, 0.25) is 0 Å². The Balaban J connectivity index is 1.96. The van der Waals surface area contributed by atoms with E-state index >= 15 is 0 Å². The normalized spacial score (nSPS) is 12.6. The van der Waals surface area contributed by atoms with Crippen molar-refractivity contribution in [2.75, 3.05) is 50.2 Å². The van der Waals surface area contributed by atoms with Gasteiger partial charge in [-0.3, -0.25) is 0 Å². The molecule has 0 spiro atoms. The number of ether oxygens (including phenoxy) is 2. The number of hydrogen-bond acceptors (Lipinski definition) is 7. The van der Waals surface area contributed by atoms with Crippen LogP contribution in [-0.2, 0) is 9.47 Å². The summed E-state index contributed by atoms with van der Waals surface area (Å²) in [5.41, 5.74) is 1.19. The van der Waals surface area contributed by atoms with Gasteiger partial charge in [-0.25, -0.2) is 0 Å². The van der Waals surface area contributed by atoms with Gasteiger partial charge in [0.1, 0.15) is 11.4 Å². The van der Waals surface area contributed by atoms with Crippen molar-refractivity contribution >= 4 is 11.4 Å². The number of aliphatic hydroxyl groups is 2. The Morgan fingerprint density at radius 1 is 0.421 bits per heavy atom. The van der Waals surface area contributed by atoms with E-state index in [1.807, 2.05) is 6.07 Å². The zero-order valence-corrected chi connectivity index (χ0v) is 37.8. The molecular formula is C50H96N2O5. The van der Waals surface area contributed by atoms with Gasteiger partial charge in [0.15, 0.2) is 0 Å². The second-order valence-corrected chi connectivity index (χ2v) is 17.2. The minimum atomic E-state index is -0.684. The van der Waals surface area contributed by atoms with Crippen LogP contribution in [-0.4, -0.2) is 67.0 Å². The first-order valence-electron chi connectivity index (χ1n) is 24.9. The zero-order valence-electron chi connectivity index (χ0n) is 37.8. The van der Waals surface area contributed by atoms with E-state index in [1.54, 1.807) is 12.1 Å². The van der Waals surface area contributed by atoms with Crippen molar-refractivity contribution in [3.63, 3.8) is 0 Å². The molecule has 0 aliphatic heterocycles. The molecule has 0 amide bonds. The van der Waals surface area contributed by atoms with Gasteiger partial charge in [0.2, 0.25) is 0 Å². The Labute approximate surface area is 353 Å². The molecule has 0 aliphatic rings. The Morgan fingerprint density at radius 3 is 1.05 bits per heavy atom. The average molecular weight is 805 g/mol. The molecule has 1 aromatic carbocycles.